The Hall–Kier alpha value is -1.87. The molecule has 2 rings (SSSR count). The molecule has 0 atom stereocenters. The molecule has 24 heavy (non-hydrogen) atoms. The number of halogens is 1. The summed E-state index contributed by atoms with van der Waals surface area (Å²) >= 11 is 5.88. The van der Waals surface area contributed by atoms with Crippen LogP contribution in [-0.4, -0.2) is 5.11 Å². The van der Waals surface area contributed by atoms with Crippen molar-refractivity contribution in [2.45, 2.75) is 52.4 Å². The first-order chi connectivity index (χ1) is 11.0. The molecule has 4 heteroatoms. The van der Waals surface area contributed by atoms with Gasteiger partial charge in [0.25, 0.3) is 0 Å². The molecule has 0 heterocycles. The van der Waals surface area contributed by atoms with Crippen molar-refractivity contribution in [1.29, 1.82) is 0 Å². The predicted octanol–water partition coefficient (Wildman–Crippen LogP) is 7.06. The van der Waals surface area contributed by atoms with E-state index in [9.17, 15) is 5.11 Å². The molecule has 0 bridgehead atoms. The Kier molecular flexibility index (Phi) is 5.05. The van der Waals surface area contributed by atoms with Gasteiger partial charge in [-0.15, -0.1) is 5.11 Å². The van der Waals surface area contributed by atoms with Crippen LogP contribution in [0.4, 0.5) is 11.4 Å². The van der Waals surface area contributed by atoms with E-state index in [1.165, 1.54) is 0 Å². The summed E-state index contributed by atoms with van der Waals surface area (Å²) in [6, 6.07) is 11.1. The van der Waals surface area contributed by atoms with E-state index in [1.54, 1.807) is 24.3 Å². The van der Waals surface area contributed by atoms with Crippen LogP contribution in [0.5, 0.6) is 5.75 Å². The SMILES string of the molecule is CC(C)(C)c1cc(N=Nc2ccc(Cl)cc2)c(O)c(C(C)(C)C)c1. The lowest BCUT2D eigenvalue weighted by Gasteiger charge is -2.26. The van der Waals surface area contributed by atoms with Gasteiger partial charge in [-0.2, -0.15) is 5.11 Å². The number of aromatic hydroxyl groups is 1. The molecular weight excluding hydrogens is 320 g/mol. The fourth-order valence-corrected chi connectivity index (χ4v) is 2.45. The topological polar surface area (TPSA) is 45.0 Å². The summed E-state index contributed by atoms with van der Waals surface area (Å²) in [6.07, 6.45) is 0. The van der Waals surface area contributed by atoms with Gasteiger partial charge >= 0.3 is 0 Å². The van der Waals surface area contributed by atoms with Crippen molar-refractivity contribution in [1.82, 2.24) is 0 Å². The van der Waals surface area contributed by atoms with Crippen LogP contribution in [0.3, 0.4) is 0 Å². The minimum atomic E-state index is -0.185. The second-order valence-corrected chi connectivity index (χ2v) is 8.50. The van der Waals surface area contributed by atoms with Gasteiger partial charge in [0.2, 0.25) is 0 Å². The second kappa shape index (κ2) is 6.56. The van der Waals surface area contributed by atoms with Crippen LogP contribution in [0.25, 0.3) is 0 Å². The van der Waals surface area contributed by atoms with E-state index in [1.807, 2.05) is 6.07 Å². The molecule has 128 valence electrons. The van der Waals surface area contributed by atoms with E-state index >= 15 is 0 Å². The van der Waals surface area contributed by atoms with E-state index in [4.69, 9.17) is 11.6 Å². The quantitative estimate of drug-likeness (QED) is 0.582. The maximum absolute atomic E-state index is 10.7. The first kappa shape index (κ1) is 18.5. The number of phenols is 1. The van der Waals surface area contributed by atoms with Gasteiger partial charge in [-0.1, -0.05) is 59.2 Å². The molecule has 0 amide bonds. The van der Waals surface area contributed by atoms with E-state index < -0.39 is 0 Å². The van der Waals surface area contributed by atoms with Gasteiger partial charge in [-0.25, -0.2) is 0 Å². The maximum atomic E-state index is 10.7. The Morgan fingerprint density at radius 2 is 1.42 bits per heavy atom. The minimum absolute atomic E-state index is 0.0434. The predicted molar refractivity (Wildman–Crippen MR) is 101 cm³/mol. The van der Waals surface area contributed by atoms with Gasteiger partial charge in [0.1, 0.15) is 11.4 Å². The highest BCUT2D eigenvalue weighted by Gasteiger charge is 2.25. The lowest BCUT2D eigenvalue weighted by atomic mass is 9.80. The summed E-state index contributed by atoms with van der Waals surface area (Å²) in [4.78, 5) is 0. The molecule has 2 aromatic rings. The third-order valence-corrected chi connectivity index (χ3v) is 4.12. The summed E-state index contributed by atoms with van der Waals surface area (Å²) in [5.41, 5.74) is 2.95. The smallest absolute Gasteiger partial charge is 0.146 e. The lowest BCUT2D eigenvalue weighted by Crippen LogP contribution is -2.16. The average molecular weight is 345 g/mol. The Labute approximate surface area is 149 Å². The Bertz CT molecular complexity index is 751. The zero-order chi connectivity index (χ0) is 18.1. The number of benzene rings is 2. The number of nitrogens with zero attached hydrogens (tertiary/aromatic N) is 2. The normalized spacial score (nSPS) is 12.8. The number of phenolic OH excluding ortho intramolecular Hbond substituents is 1. The summed E-state index contributed by atoms with van der Waals surface area (Å²) < 4.78 is 0. The average Bonchev–Trinajstić information content (AvgIpc) is 2.45. The zero-order valence-corrected chi connectivity index (χ0v) is 15.9. The summed E-state index contributed by atoms with van der Waals surface area (Å²) in [7, 11) is 0. The molecule has 0 unspecified atom stereocenters. The first-order valence-corrected chi connectivity index (χ1v) is 8.41. The first-order valence-electron chi connectivity index (χ1n) is 8.04. The molecule has 0 fully saturated rings. The molecule has 0 aliphatic heterocycles. The summed E-state index contributed by atoms with van der Waals surface area (Å²) in [5.74, 6) is 0.188. The van der Waals surface area contributed by atoms with E-state index in [-0.39, 0.29) is 16.6 Å². The second-order valence-electron chi connectivity index (χ2n) is 8.07. The third-order valence-electron chi connectivity index (χ3n) is 3.86. The molecule has 2 aromatic carbocycles. The molecule has 0 aromatic heterocycles. The van der Waals surface area contributed by atoms with Crippen LogP contribution in [0.2, 0.25) is 5.02 Å². The van der Waals surface area contributed by atoms with Crippen molar-refractivity contribution < 1.29 is 5.11 Å². The Balaban J connectivity index is 2.54. The number of azo groups is 1. The van der Waals surface area contributed by atoms with Crippen molar-refractivity contribution in [2.75, 3.05) is 0 Å². The molecule has 0 radical (unpaired) electrons. The monoisotopic (exact) mass is 344 g/mol. The van der Waals surface area contributed by atoms with Gasteiger partial charge in [0.15, 0.2) is 0 Å². The van der Waals surface area contributed by atoms with Crippen LogP contribution in [0, 0.1) is 0 Å². The Morgan fingerprint density at radius 1 is 0.833 bits per heavy atom. The van der Waals surface area contributed by atoms with Crippen LogP contribution in [-0.2, 0) is 10.8 Å². The molecule has 1 N–H and O–H groups in total. The molecule has 0 saturated carbocycles. The van der Waals surface area contributed by atoms with Crippen LogP contribution < -0.4 is 0 Å². The van der Waals surface area contributed by atoms with Crippen LogP contribution in [0.15, 0.2) is 46.6 Å². The van der Waals surface area contributed by atoms with Crippen molar-refractivity contribution in [2.24, 2.45) is 10.2 Å². The standard InChI is InChI=1S/C20H25ClN2O/c1-19(2,3)13-11-16(20(4,5)6)18(24)17(12-13)23-22-15-9-7-14(21)8-10-15/h7-12,24H,1-6H3. The van der Waals surface area contributed by atoms with E-state index in [0.717, 1.165) is 11.1 Å². The van der Waals surface area contributed by atoms with Crippen molar-refractivity contribution in [3.63, 3.8) is 0 Å². The minimum Gasteiger partial charge on any atom is -0.505 e. The number of rotatable bonds is 2. The van der Waals surface area contributed by atoms with Crippen molar-refractivity contribution in [3.8, 4) is 5.75 Å². The highest BCUT2D eigenvalue weighted by molar-refractivity contribution is 6.30. The van der Waals surface area contributed by atoms with Gasteiger partial charge in [-0.3, -0.25) is 0 Å². The van der Waals surface area contributed by atoms with Gasteiger partial charge in [0, 0.05) is 10.6 Å². The fourth-order valence-electron chi connectivity index (χ4n) is 2.32. The van der Waals surface area contributed by atoms with Crippen molar-refractivity contribution in [3.05, 3.63) is 52.5 Å². The largest absolute Gasteiger partial charge is 0.505 e. The molecule has 0 aliphatic rings. The third kappa shape index (κ3) is 4.35. The molecular formula is C20H25ClN2O. The van der Waals surface area contributed by atoms with Crippen LogP contribution >= 0.6 is 11.6 Å². The molecule has 0 spiro atoms. The Morgan fingerprint density at radius 3 is 1.92 bits per heavy atom. The van der Waals surface area contributed by atoms with Crippen molar-refractivity contribution >= 4 is 23.0 Å². The number of hydrogen-bond donors (Lipinski definition) is 1. The fraction of sp³-hybridized carbons (Fsp3) is 0.400. The van der Waals surface area contributed by atoms with E-state index in [2.05, 4.69) is 57.8 Å². The van der Waals surface area contributed by atoms with Gasteiger partial charge in [0.05, 0.1) is 5.69 Å². The van der Waals surface area contributed by atoms with Gasteiger partial charge < -0.3 is 5.11 Å². The summed E-state index contributed by atoms with van der Waals surface area (Å²) in [6.45, 7) is 12.7. The maximum Gasteiger partial charge on any atom is 0.146 e. The molecule has 0 saturated heterocycles. The number of hydrogen-bond acceptors (Lipinski definition) is 3. The highest BCUT2D eigenvalue weighted by Crippen LogP contribution is 2.42. The molecule has 3 nitrogen and oxygen atoms in total. The van der Waals surface area contributed by atoms with Gasteiger partial charge in [-0.05, 0) is 46.7 Å². The lowest BCUT2D eigenvalue weighted by molar-refractivity contribution is 0.446. The van der Waals surface area contributed by atoms with E-state index in [0.29, 0.717) is 16.4 Å². The summed E-state index contributed by atoms with van der Waals surface area (Å²) in [5, 5.41) is 19.8. The highest BCUT2D eigenvalue weighted by atomic mass is 35.5. The molecule has 0 aliphatic carbocycles. The van der Waals surface area contributed by atoms with Crippen LogP contribution in [0.1, 0.15) is 52.7 Å². The zero-order valence-electron chi connectivity index (χ0n) is 15.2.